The van der Waals surface area contributed by atoms with Gasteiger partial charge in [-0.2, -0.15) is 0 Å². The van der Waals surface area contributed by atoms with Gasteiger partial charge < -0.3 is 10.0 Å². The van der Waals surface area contributed by atoms with Crippen LogP contribution in [-0.4, -0.2) is 53.9 Å². The zero-order valence-corrected chi connectivity index (χ0v) is 15.4. The molecular weight excluding hydrogens is 330 g/mol. The van der Waals surface area contributed by atoms with E-state index in [1.807, 2.05) is 0 Å². The highest BCUT2D eigenvalue weighted by Crippen LogP contribution is 2.30. The lowest BCUT2D eigenvalue weighted by Gasteiger charge is -2.35. The van der Waals surface area contributed by atoms with Gasteiger partial charge in [0.1, 0.15) is 5.25 Å². The molecule has 0 aromatic carbocycles. The number of sulfone groups is 1. The van der Waals surface area contributed by atoms with E-state index in [1.54, 1.807) is 18.7 Å². The lowest BCUT2D eigenvalue weighted by atomic mass is 9.96. The molecule has 1 heterocycles. The van der Waals surface area contributed by atoms with E-state index in [9.17, 15) is 18.0 Å². The molecule has 2 aliphatic rings. The van der Waals surface area contributed by atoms with Crippen molar-refractivity contribution in [3.63, 3.8) is 0 Å². The lowest BCUT2D eigenvalue weighted by molar-refractivity contribution is -0.145. The molecule has 0 spiro atoms. The number of carbonyl (C=O) groups is 2. The third kappa shape index (κ3) is 4.10. The summed E-state index contributed by atoms with van der Waals surface area (Å²) in [5.74, 6) is -1.88. The Labute approximate surface area is 144 Å². The zero-order chi connectivity index (χ0) is 17.9. The van der Waals surface area contributed by atoms with Crippen molar-refractivity contribution in [1.29, 1.82) is 0 Å². The molecule has 1 N–H and O–H groups in total. The Morgan fingerprint density at radius 1 is 1.00 bits per heavy atom. The van der Waals surface area contributed by atoms with Gasteiger partial charge in [0.25, 0.3) is 0 Å². The number of carboxylic acids is 1. The third-order valence-electron chi connectivity index (χ3n) is 5.38. The van der Waals surface area contributed by atoms with Gasteiger partial charge in [0.15, 0.2) is 9.84 Å². The van der Waals surface area contributed by atoms with E-state index in [2.05, 4.69) is 0 Å². The summed E-state index contributed by atoms with van der Waals surface area (Å²) in [5, 5.41) is 7.66. The van der Waals surface area contributed by atoms with Crippen LogP contribution in [0.2, 0.25) is 0 Å². The van der Waals surface area contributed by atoms with Gasteiger partial charge in [-0.25, -0.2) is 8.42 Å². The number of carboxylic acid groups (broad SMARTS) is 1. The number of piperidine rings is 1. The molecule has 138 valence electrons. The van der Waals surface area contributed by atoms with E-state index in [4.69, 9.17) is 5.11 Å². The lowest BCUT2D eigenvalue weighted by Crippen LogP contribution is -2.51. The molecule has 6 nitrogen and oxygen atoms in total. The van der Waals surface area contributed by atoms with Gasteiger partial charge in [0.2, 0.25) is 5.91 Å². The van der Waals surface area contributed by atoms with Gasteiger partial charge in [-0.05, 0) is 31.6 Å². The number of amides is 1. The number of rotatable bonds is 5. The van der Waals surface area contributed by atoms with Gasteiger partial charge in [0, 0.05) is 13.1 Å². The first-order valence-electron chi connectivity index (χ1n) is 8.99. The van der Waals surface area contributed by atoms with Crippen LogP contribution in [0.15, 0.2) is 0 Å². The summed E-state index contributed by atoms with van der Waals surface area (Å²) in [6.45, 7) is 4.23. The molecule has 2 rings (SSSR count). The van der Waals surface area contributed by atoms with Gasteiger partial charge in [-0.15, -0.1) is 0 Å². The Morgan fingerprint density at radius 3 is 2.00 bits per heavy atom. The number of likely N-dealkylation sites (tertiary alicyclic amines) is 1. The Kier molecular flexibility index (Phi) is 6.28. The first-order chi connectivity index (χ1) is 11.2. The fourth-order valence-corrected chi connectivity index (χ4v) is 6.53. The topological polar surface area (TPSA) is 91.8 Å². The molecule has 1 saturated heterocycles. The van der Waals surface area contributed by atoms with Gasteiger partial charge in [-0.3, -0.25) is 9.59 Å². The minimum absolute atomic E-state index is 0.276. The van der Waals surface area contributed by atoms with E-state index in [-0.39, 0.29) is 11.8 Å². The van der Waals surface area contributed by atoms with E-state index >= 15 is 0 Å². The van der Waals surface area contributed by atoms with Gasteiger partial charge in [0.05, 0.1) is 11.2 Å². The average Bonchev–Trinajstić information content (AvgIpc) is 2.55. The molecule has 0 bridgehead atoms. The highest BCUT2D eigenvalue weighted by molar-refractivity contribution is 7.93. The minimum Gasteiger partial charge on any atom is -0.481 e. The molecule has 1 unspecified atom stereocenters. The molecule has 1 saturated carbocycles. The summed E-state index contributed by atoms with van der Waals surface area (Å²) >= 11 is 0. The molecule has 1 aliphatic heterocycles. The van der Waals surface area contributed by atoms with Crippen LogP contribution < -0.4 is 0 Å². The highest BCUT2D eigenvalue weighted by atomic mass is 32.2. The van der Waals surface area contributed by atoms with Crippen molar-refractivity contribution in [3.8, 4) is 0 Å². The van der Waals surface area contributed by atoms with Crippen LogP contribution in [0.4, 0.5) is 0 Å². The number of carbonyl (C=O) groups excluding carboxylic acids is 1. The summed E-state index contributed by atoms with van der Waals surface area (Å²) in [5.41, 5.74) is 0. The maximum Gasteiger partial charge on any atom is 0.306 e. The van der Waals surface area contributed by atoms with Crippen LogP contribution in [0.1, 0.15) is 58.8 Å². The van der Waals surface area contributed by atoms with Crippen LogP contribution >= 0.6 is 0 Å². The average molecular weight is 359 g/mol. The highest BCUT2D eigenvalue weighted by Gasteiger charge is 2.43. The zero-order valence-electron chi connectivity index (χ0n) is 14.6. The van der Waals surface area contributed by atoms with Crippen molar-refractivity contribution in [2.45, 2.75) is 69.3 Å². The second-order valence-corrected chi connectivity index (χ2v) is 9.80. The predicted octanol–water partition coefficient (Wildman–Crippen LogP) is 2.08. The van der Waals surface area contributed by atoms with Gasteiger partial charge >= 0.3 is 5.97 Å². The smallest absolute Gasteiger partial charge is 0.306 e. The fourth-order valence-electron chi connectivity index (χ4n) is 3.93. The summed E-state index contributed by atoms with van der Waals surface area (Å²) < 4.78 is 26.1. The van der Waals surface area contributed by atoms with Crippen molar-refractivity contribution >= 4 is 21.7 Å². The summed E-state index contributed by atoms with van der Waals surface area (Å²) in [6, 6.07) is 0. The molecule has 0 aromatic rings. The van der Waals surface area contributed by atoms with Crippen LogP contribution in [0.5, 0.6) is 0 Å². The Morgan fingerprint density at radius 2 is 1.54 bits per heavy atom. The summed E-state index contributed by atoms with van der Waals surface area (Å²) in [6.07, 6.45) is 4.99. The molecule has 1 aliphatic carbocycles. The first kappa shape index (κ1) is 19.2. The SMILES string of the molecule is CC(C)C(C(=O)N1CCC(C(=O)O)CC1)S(=O)(=O)C1CCCCC1. The van der Waals surface area contributed by atoms with Crippen LogP contribution in [0, 0.1) is 11.8 Å². The normalized spacial score (nSPS) is 22.5. The molecule has 0 radical (unpaired) electrons. The number of hydrogen-bond donors (Lipinski definition) is 1. The number of hydrogen-bond acceptors (Lipinski definition) is 4. The van der Waals surface area contributed by atoms with E-state index in [0.29, 0.717) is 38.8 Å². The predicted molar refractivity (Wildman–Crippen MR) is 91.4 cm³/mol. The van der Waals surface area contributed by atoms with E-state index in [0.717, 1.165) is 19.3 Å². The molecule has 7 heteroatoms. The molecular formula is C17H29NO5S. The molecule has 1 amide bonds. The maximum absolute atomic E-state index is 13.0. The quantitative estimate of drug-likeness (QED) is 0.811. The molecule has 0 aromatic heterocycles. The minimum atomic E-state index is -3.51. The summed E-state index contributed by atoms with van der Waals surface area (Å²) in [7, 11) is -3.51. The van der Waals surface area contributed by atoms with Crippen LogP contribution in [0.3, 0.4) is 0 Å². The van der Waals surface area contributed by atoms with Crippen molar-refractivity contribution in [3.05, 3.63) is 0 Å². The van der Waals surface area contributed by atoms with Crippen LogP contribution in [-0.2, 0) is 19.4 Å². The number of aliphatic carboxylic acids is 1. The summed E-state index contributed by atoms with van der Waals surface area (Å²) in [4.78, 5) is 25.5. The fraction of sp³-hybridized carbons (Fsp3) is 0.882. The van der Waals surface area contributed by atoms with Crippen LogP contribution in [0.25, 0.3) is 0 Å². The Hall–Kier alpha value is -1.11. The largest absolute Gasteiger partial charge is 0.481 e. The third-order valence-corrected chi connectivity index (χ3v) is 8.23. The van der Waals surface area contributed by atoms with Crippen molar-refractivity contribution in [1.82, 2.24) is 4.90 Å². The van der Waals surface area contributed by atoms with E-state index in [1.165, 1.54) is 0 Å². The number of nitrogens with zero attached hydrogens (tertiary/aromatic N) is 1. The second-order valence-electron chi connectivity index (χ2n) is 7.45. The molecule has 2 fully saturated rings. The Bertz CT molecular complexity index is 558. The Balaban J connectivity index is 2.12. The monoisotopic (exact) mass is 359 g/mol. The molecule has 1 atom stereocenters. The molecule has 24 heavy (non-hydrogen) atoms. The van der Waals surface area contributed by atoms with E-state index < -0.39 is 32.2 Å². The van der Waals surface area contributed by atoms with Crippen molar-refractivity contribution < 1.29 is 23.1 Å². The van der Waals surface area contributed by atoms with Crippen molar-refractivity contribution in [2.75, 3.05) is 13.1 Å². The maximum atomic E-state index is 13.0. The first-order valence-corrected chi connectivity index (χ1v) is 10.6. The van der Waals surface area contributed by atoms with Crippen molar-refractivity contribution in [2.24, 2.45) is 11.8 Å². The van der Waals surface area contributed by atoms with Gasteiger partial charge in [-0.1, -0.05) is 33.1 Å². The standard InChI is InChI=1S/C17H29NO5S/c1-12(2)15(24(22,23)14-6-4-3-5-7-14)16(19)18-10-8-13(9-11-18)17(20)21/h12-15H,3-11H2,1-2H3,(H,20,21). The second kappa shape index (κ2) is 7.85.